The lowest BCUT2D eigenvalue weighted by Gasteiger charge is -2.21. The molecule has 0 saturated heterocycles. The lowest BCUT2D eigenvalue weighted by molar-refractivity contribution is -0.143. The molecule has 1 unspecified atom stereocenters. The number of fused-ring (bicyclic) bond motifs is 1. The van der Waals surface area contributed by atoms with Crippen molar-refractivity contribution >= 4 is 12.2 Å². The van der Waals surface area contributed by atoms with Crippen molar-refractivity contribution in [1.82, 2.24) is 0 Å². The van der Waals surface area contributed by atoms with E-state index < -0.39 is 0 Å². The number of nitrogens with zero attached hydrogens (tertiary/aromatic N) is 1. The van der Waals surface area contributed by atoms with Crippen LogP contribution in [0.15, 0.2) is 23.2 Å². The summed E-state index contributed by atoms with van der Waals surface area (Å²) in [6.07, 6.45) is 4.16. The van der Waals surface area contributed by atoms with Gasteiger partial charge in [-0.05, 0) is 49.1 Å². The summed E-state index contributed by atoms with van der Waals surface area (Å²) < 4.78 is 10.2. The Morgan fingerprint density at radius 1 is 1.45 bits per heavy atom. The Morgan fingerprint density at radius 2 is 2.30 bits per heavy atom. The molecule has 1 atom stereocenters. The van der Waals surface area contributed by atoms with Gasteiger partial charge in [-0.1, -0.05) is 0 Å². The molecule has 1 aromatic rings. The van der Waals surface area contributed by atoms with Gasteiger partial charge in [0.05, 0.1) is 13.7 Å². The Bertz CT molecular complexity index is 496. The Labute approximate surface area is 119 Å². The van der Waals surface area contributed by atoms with Gasteiger partial charge in [0.1, 0.15) is 5.75 Å². The number of benzene rings is 1. The summed E-state index contributed by atoms with van der Waals surface area (Å²) in [4.78, 5) is 15.8. The highest BCUT2D eigenvalue weighted by atomic mass is 16.5. The molecule has 0 N–H and O–H groups in total. The van der Waals surface area contributed by atoms with E-state index in [4.69, 9.17) is 9.47 Å². The third kappa shape index (κ3) is 3.59. The topological polar surface area (TPSA) is 47.9 Å². The van der Waals surface area contributed by atoms with Crippen LogP contribution in [0.25, 0.3) is 0 Å². The summed E-state index contributed by atoms with van der Waals surface area (Å²) in [6.45, 7) is 3.06. The van der Waals surface area contributed by atoms with E-state index in [-0.39, 0.29) is 5.97 Å². The third-order valence-corrected chi connectivity index (χ3v) is 3.53. The van der Waals surface area contributed by atoms with Gasteiger partial charge in [-0.25, -0.2) is 0 Å². The van der Waals surface area contributed by atoms with Crippen LogP contribution in [0.4, 0.5) is 0 Å². The SMILES string of the molecule is CCOC(=O)CCCC1CN=Cc2ccc(OC)cc21. The van der Waals surface area contributed by atoms with Crippen LogP contribution in [0.1, 0.15) is 43.2 Å². The monoisotopic (exact) mass is 275 g/mol. The molecule has 108 valence electrons. The molecule has 0 spiro atoms. The number of carbonyl (C=O) groups excluding carboxylic acids is 1. The maximum Gasteiger partial charge on any atom is 0.305 e. The Balaban J connectivity index is 1.97. The number of rotatable bonds is 6. The molecule has 1 aliphatic rings. The minimum atomic E-state index is -0.113. The van der Waals surface area contributed by atoms with E-state index in [2.05, 4.69) is 11.1 Å². The first-order valence-corrected chi connectivity index (χ1v) is 7.08. The van der Waals surface area contributed by atoms with Crippen molar-refractivity contribution in [3.05, 3.63) is 29.3 Å². The summed E-state index contributed by atoms with van der Waals surface area (Å²) in [5, 5.41) is 0. The van der Waals surface area contributed by atoms with Gasteiger partial charge in [-0.3, -0.25) is 9.79 Å². The zero-order valence-electron chi connectivity index (χ0n) is 12.1. The second kappa shape index (κ2) is 7.08. The first-order chi connectivity index (χ1) is 9.74. The Morgan fingerprint density at radius 3 is 3.05 bits per heavy atom. The largest absolute Gasteiger partial charge is 0.497 e. The molecule has 1 aromatic carbocycles. The third-order valence-electron chi connectivity index (χ3n) is 3.53. The van der Waals surface area contributed by atoms with Crippen LogP contribution < -0.4 is 4.74 Å². The molecule has 0 radical (unpaired) electrons. The number of esters is 1. The summed E-state index contributed by atoms with van der Waals surface area (Å²) in [5.74, 6) is 1.12. The summed E-state index contributed by atoms with van der Waals surface area (Å²) in [5.41, 5.74) is 2.42. The molecule has 0 bridgehead atoms. The lowest BCUT2D eigenvalue weighted by atomic mass is 9.88. The molecule has 1 heterocycles. The van der Waals surface area contributed by atoms with Crippen molar-refractivity contribution < 1.29 is 14.3 Å². The number of hydrogen-bond donors (Lipinski definition) is 0. The van der Waals surface area contributed by atoms with Crippen molar-refractivity contribution in [3.8, 4) is 5.75 Å². The smallest absolute Gasteiger partial charge is 0.305 e. The van der Waals surface area contributed by atoms with Gasteiger partial charge in [0, 0.05) is 25.1 Å². The number of ether oxygens (including phenoxy) is 2. The summed E-state index contributed by atoms with van der Waals surface area (Å²) >= 11 is 0. The van der Waals surface area contributed by atoms with Crippen molar-refractivity contribution in [2.24, 2.45) is 4.99 Å². The van der Waals surface area contributed by atoms with Crippen LogP contribution in [0, 0.1) is 0 Å². The Kier molecular flexibility index (Phi) is 5.16. The second-order valence-corrected chi connectivity index (χ2v) is 4.88. The van der Waals surface area contributed by atoms with E-state index in [1.807, 2.05) is 25.3 Å². The highest BCUT2D eigenvalue weighted by Crippen LogP contribution is 2.30. The van der Waals surface area contributed by atoms with Crippen LogP contribution in [0.5, 0.6) is 5.75 Å². The number of aliphatic imine (C=N–C) groups is 1. The van der Waals surface area contributed by atoms with E-state index >= 15 is 0 Å². The van der Waals surface area contributed by atoms with E-state index in [1.165, 1.54) is 5.56 Å². The van der Waals surface area contributed by atoms with Crippen LogP contribution in [0.3, 0.4) is 0 Å². The summed E-state index contributed by atoms with van der Waals surface area (Å²) in [7, 11) is 1.68. The molecular formula is C16H21NO3. The van der Waals surface area contributed by atoms with E-state index in [9.17, 15) is 4.79 Å². The van der Waals surface area contributed by atoms with Gasteiger partial charge in [0.2, 0.25) is 0 Å². The van der Waals surface area contributed by atoms with Crippen LogP contribution >= 0.6 is 0 Å². The quantitative estimate of drug-likeness (QED) is 0.750. The Hall–Kier alpha value is -1.84. The van der Waals surface area contributed by atoms with Crippen LogP contribution in [-0.2, 0) is 9.53 Å². The molecule has 1 aliphatic heterocycles. The first-order valence-electron chi connectivity index (χ1n) is 7.08. The predicted octanol–water partition coefficient (Wildman–Crippen LogP) is 2.94. The standard InChI is InChI=1S/C16H21NO3/c1-3-20-16(18)6-4-5-12-10-17-11-13-7-8-14(19-2)9-15(12)13/h7-9,11-12H,3-6,10H2,1-2H3. The molecule has 0 saturated carbocycles. The molecule has 4 heteroatoms. The zero-order chi connectivity index (χ0) is 14.4. The van der Waals surface area contributed by atoms with E-state index in [0.717, 1.165) is 30.7 Å². The van der Waals surface area contributed by atoms with Crippen molar-refractivity contribution in [1.29, 1.82) is 0 Å². The molecule has 0 aromatic heterocycles. The second-order valence-electron chi connectivity index (χ2n) is 4.88. The number of carbonyl (C=O) groups is 1. The van der Waals surface area contributed by atoms with Crippen LogP contribution in [0.2, 0.25) is 0 Å². The van der Waals surface area contributed by atoms with Crippen LogP contribution in [-0.4, -0.2) is 32.4 Å². The highest BCUT2D eigenvalue weighted by molar-refractivity contribution is 5.83. The number of methoxy groups -OCH3 is 1. The molecule has 2 rings (SSSR count). The maximum atomic E-state index is 11.4. The minimum Gasteiger partial charge on any atom is -0.497 e. The van der Waals surface area contributed by atoms with E-state index in [0.29, 0.717) is 18.9 Å². The zero-order valence-corrected chi connectivity index (χ0v) is 12.1. The fourth-order valence-electron chi connectivity index (χ4n) is 2.50. The lowest BCUT2D eigenvalue weighted by Crippen LogP contribution is -2.12. The van der Waals surface area contributed by atoms with Gasteiger partial charge < -0.3 is 9.47 Å². The maximum absolute atomic E-state index is 11.4. The minimum absolute atomic E-state index is 0.113. The van der Waals surface area contributed by atoms with Crippen molar-refractivity contribution in [2.75, 3.05) is 20.3 Å². The fraction of sp³-hybridized carbons (Fsp3) is 0.500. The highest BCUT2D eigenvalue weighted by Gasteiger charge is 2.19. The molecule has 4 nitrogen and oxygen atoms in total. The fourth-order valence-corrected chi connectivity index (χ4v) is 2.50. The average molecular weight is 275 g/mol. The normalized spacial score (nSPS) is 16.6. The molecule has 0 aliphatic carbocycles. The van der Waals surface area contributed by atoms with Gasteiger partial charge >= 0.3 is 5.97 Å². The summed E-state index contributed by atoms with van der Waals surface area (Å²) in [6, 6.07) is 6.07. The van der Waals surface area contributed by atoms with Gasteiger partial charge in [-0.2, -0.15) is 0 Å². The molecule has 20 heavy (non-hydrogen) atoms. The van der Waals surface area contributed by atoms with E-state index in [1.54, 1.807) is 7.11 Å². The molecular weight excluding hydrogens is 254 g/mol. The first kappa shape index (κ1) is 14.6. The van der Waals surface area contributed by atoms with Crippen molar-refractivity contribution in [2.45, 2.75) is 32.1 Å². The van der Waals surface area contributed by atoms with Gasteiger partial charge in [0.15, 0.2) is 0 Å². The van der Waals surface area contributed by atoms with Gasteiger partial charge in [0.25, 0.3) is 0 Å². The predicted molar refractivity (Wildman–Crippen MR) is 78.7 cm³/mol. The molecule has 0 amide bonds. The molecule has 0 fully saturated rings. The average Bonchev–Trinajstić information content (AvgIpc) is 2.47. The van der Waals surface area contributed by atoms with Crippen molar-refractivity contribution in [3.63, 3.8) is 0 Å². The number of hydrogen-bond acceptors (Lipinski definition) is 4. The van der Waals surface area contributed by atoms with Gasteiger partial charge in [-0.15, -0.1) is 0 Å².